The highest BCUT2D eigenvalue weighted by Crippen LogP contribution is 2.31. The minimum absolute atomic E-state index is 0.152. The van der Waals surface area contributed by atoms with Gasteiger partial charge in [-0.15, -0.1) is 0 Å². The molecule has 2 aromatic rings. The fourth-order valence-corrected chi connectivity index (χ4v) is 2.53. The number of aromatic hydroxyl groups is 3. The largest absolute Gasteiger partial charge is 0.508 e. The lowest BCUT2D eigenvalue weighted by atomic mass is 10.1. The fraction of sp³-hybridized carbons (Fsp3) is 0.238. The molecule has 0 saturated heterocycles. The Hall–Kier alpha value is -3.32. The SMILES string of the molecule is CCCc1cc(C(=O)N/N=C/c2cc(O)c(O)c(/C=C/C(C)O)c2)ccc1O. The van der Waals surface area contributed by atoms with E-state index in [0.717, 1.165) is 6.42 Å². The van der Waals surface area contributed by atoms with Gasteiger partial charge in [0.1, 0.15) is 5.75 Å². The van der Waals surface area contributed by atoms with Crippen molar-refractivity contribution in [3.8, 4) is 17.2 Å². The molecule has 28 heavy (non-hydrogen) atoms. The monoisotopic (exact) mass is 384 g/mol. The van der Waals surface area contributed by atoms with Crippen LogP contribution in [0.25, 0.3) is 6.08 Å². The second-order valence-electron chi connectivity index (χ2n) is 6.37. The number of rotatable bonds is 7. The Balaban J connectivity index is 2.14. The maximum atomic E-state index is 12.2. The summed E-state index contributed by atoms with van der Waals surface area (Å²) in [7, 11) is 0. The van der Waals surface area contributed by atoms with Crippen LogP contribution in [0.5, 0.6) is 17.2 Å². The van der Waals surface area contributed by atoms with E-state index >= 15 is 0 Å². The summed E-state index contributed by atoms with van der Waals surface area (Å²) in [5, 5.41) is 42.7. The number of phenols is 3. The van der Waals surface area contributed by atoms with E-state index < -0.39 is 12.0 Å². The lowest BCUT2D eigenvalue weighted by molar-refractivity contribution is 0.0955. The molecule has 1 unspecified atom stereocenters. The third-order valence-corrected chi connectivity index (χ3v) is 3.94. The Kier molecular flexibility index (Phi) is 7.17. The Labute approximate surface area is 163 Å². The number of carbonyl (C=O) groups excluding carboxylic acids is 1. The third-order valence-electron chi connectivity index (χ3n) is 3.94. The molecule has 2 aromatic carbocycles. The van der Waals surface area contributed by atoms with Gasteiger partial charge in [0.2, 0.25) is 0 Å². The molecular weight excluding hydrogens is 360 g/mol. The third kappa shape index (κ3) is 5.59. The van der Waals surface area contributed by atoms with Crippen LogP contribution >= 0.6 is 0 Å². The molecule has 1 atom stereocenters. The first-order chi connectivity index (χ1) is 13.3. The van der Waals surface area contributed by atoms with Crippen molar-refractivity contribution in [2.24, 2.45) is 5.10 Å². The molecular formula is C21H24N2O5. The van der Waals surface area contributed by atoms with Gasteiger partial charge in [-0.05, 0) is 54.8 Å². The predicted molar refractivity (Wildman–Crippen MR) is 108 cm³/mol. The quantitative estimate of drug-likeness (QED) is 0.285. The number of aryl methyl sites for hydroxylation is 1. The van der Waals surface area contributed by atoms with E-state index in [1.165, 1.54) is 36.6 Å². The second kappa shape index (κ2) is 9.57. The summed E-state index contributed by atoms with van der Waals surface area (Å²) in [6.07, 6.45) is 5.04. The maximum absolute atomic E-state index is 12.2. The molecule has 0 aliphatic rings. The molecule has 0 aliphatic carbocycles. The van der Waals surface area contributed by atoms with Crippen molar-refractivity contribution in [2.75, 3.05) is 0 Å². The number of carbonyl (C=O) groups is 1. The van der Waals surface area contributed by atoms with E-state index in [9.17, 15) is 25.2 Å². The summed E-state index contributed by atoms with van der Waals surface area (Å²) in [4.78, 5) is 12.2. The highest BCUT2D eigenvalue weighted by Gasteiger charge is 2.09. The summed E-state index contributed by atoms with van der Waals surface area (Å²) in [5.74, 6) is -0.945. The van der Waals surface area contributed by atoms with Crippen molar-refractivity contribution in [1.82, 2.24) is 5.43 Å². The molecule has 0 fully saturated rings. The zero-order chi connectivity index (χ0) is 20.7. The molecule has 0 aromatic heterocycles. The molecule has 0 heterocycles. The molecule has 1 amide bonds. The lowest BCUT2D eigenvalue weighted by Crippen LogP contribution is -2.17. The number of hydrazone groups is 1. The summed E-state index contributed by atoms with van der Waals surface area (Å²) in [6.45, 7) is 3.54. The van der Waals surface area contributed by atoms with Crippen LogP contribution in [-0.2, 0) is 6.42 Å². The number of amides is 1. The minimum atomic E-state index is -0.707. The fourth-order valence-electron chi connectivity index (χ4n) is 2.53. The zero-order valence-corrected chi connectivity index (χ0v) is 15.8. The van der Waals surface area contributed by atoms with Gasteiger partial charge in [0.15, 0.2) is 11.5 Å². The second-order valence-corrected chi connectivity index (χ2v) is 6.37. The molecule has 0 radical (unpaired) electrons. The molecule has 0 bridgehead atoms. The molecule has 148 valence electrons. The summed E-state index contributed by atoms with van der Waals surface area (Å²) in [6, 6.07) is 7.44. The smallest absolute Gasteiger partial charge is 0.271 e. The molecule has 5 N–H and O–H groups in total. The molecule has 0 spiro atoms. The predicted octanol–water partition coefficient (Wildman–Crippen LogP) is 2.91. The standard InChI is InChI=1S/C21H24N2O5/c1-3-4-15-11-17(7-8-18(15)25)21(28)23-22-12-14-9-16(6-5-13(2)24)20(27)19(26)10-14/h5-13,24-27H,3-4H2,1-2H3,(H,23,28)/b6-5+,22-12+. The van der Waals surface area contributed by atoms with E-state index in [0.29, 0.717) is 28.7 Å². The molecule has 0 saturated carbocycles. The minimum Gasteiger partial charge on any atom is -0.508 e. The number of nitrogens with one attached hydrogen (secondary N) is 1. The zero-order valence-electron chi connectivity index (χ0n) is 15.8. The van der Waals surface area contributed by atoms with Crippen LogP contribution < -0.4 is 5.43 Å². The van der Waals surface area contributed by atoms with Crippen molar-refractivity contribution >= 4 is 18.2 Å². The normalized spacial score (nSPS) is 12.5. The van der Waals surface area contributed by atoms with Crippen LogP contribution in [-0.4, -0.2) is 38.7 Å². The van der Waals surface area contributed by atoms with Gasteiger partial charge in [0.05, 0.1) is 12.3 Å². The summed E-state index contributed by atoms with van der Waals surface area (Å²) < 4.78 is 0. The van der Waals surface area contributed by atoms with Gasteiger partial charge in [0.25, 0.3) is 5.91 Å². The first-order valence-corrected chi connectivity index (χ1v) is 8.89. The van der Waals surface area contributed by atoms with Crippen molar-refractivity contribution in [1.29, 1.82) is 0 Å². The van der Waals surface area contributed by atoms with Gasteiger partial charge < -0.3 is 20.4 Å². The van der Waals surface area contributed by atoms with Gasteiger partial charge in [-0.3, -0.25) is 4.79 Å². The Morgan fingerprint density at radius 3 is 2.61 bits per heavy atom. The number of nitrogens with zero attached hydrogens (tertiary/aromatic N) is 1. The number of phenolic OH excluding ortho intramolecular Hbond substituents is 3. The Morgan fingerprint density at radius 2 is 1.93 bits per heavy atom. The van der Waals surface area contributed by atoms with Crippen LogP contribution in [0.1, 0.15) is 47.3 Å². The van der Waals surface area contributed by atoms with Crippen LogP contribution in [0, 0.1) is 0 Å². The van der Waals surface area contributed by atoms with Crippen molar-refractivity contribution < 1.29 is 25.2 Å². The van der Waals surface area contributed by atoms with E-state index in [4.69, 9.17) is 0 Å². The van der Waals surface area contributed by atoms with Gasteiger partial charge in [-0.25, -0.2) is 5.43 Å². The van der Waals surface area contributed by atoms with Crippen molar-refractivity contribution in [3.05, 3.63) is 58.7 Å². The highest BCUT2D eigenvalue weighted by molar-refractivity contribution is 5.95. The number of hydrogen-bond donors (Lipinski definition) is 5. The number of benzene rings is 2. The number of aliphatic hydroxyl groups excluding tert-OH is 1. The van der Waals surface area contributed by atoms with E-state index in [2.05, 4.69) is 10.5 Å². The van der Waals surface area contributed by atoms with Crippen molar-refractivity contribution in [3.63, 3.8) is 0 Å². The average molecular weight is 384 g/mol. The number of aliphatic hydroxyl groups is 1. The molecule has 7 nitrogen and oxygen atoms in total. The summed E-state index contributed by atoms with van der Waals surface area (Å²) in [5.41, 5.74) is 4.19. The van der Waals surface area contributed by atoms with E-state index in [1.807, 2.05) is 6.92 Å². The molecule has 7 heteroatoms. The van der Waals surface area contributed by atoms with Crippen LogP contribution in [0.4, 0.5) is 0 Å². The highest BCUT2D eigenvalue weighted by atomic mass is 16.3. The molecule has 0 aliphatic heterocycles. The number of hydrogen-bond acceptors (Lipinski definition) is 6. The van der Waals surface area contributed by atoms with Gasteiger partial charge in [-0.2, -0.15) is 5.10 Å². The van der Waals surface area contributed by atoms with Gasteiger partial charge in [-0.1, -0.05) is 25.5 Å². The van der Waals surface area contributed by atoms with E-state index in [-0.39, 0.29) is 17.2 Å². The van der Waals surface area contributed by atoms with Crippen molar-refractivity contribution in [2.45, 2.75) is 32.8 Å². The summed E-state index contributed by atoms with van der Waals surface area (Å²) >= 11 is 0. The Morgan fingerprint density at radius 1 is 1.18 bits per heavy atom. The van der Waals surface area contributed by atoms with Gasteiger partial charge >= 0.3 is 0 Å². The average Bonchev–Trinajstić information content (AvgIpc) is 2.65. The molecule has 2 rings (SSSR count). The van der Waals surface area contributed by atoms with E-state index in [1.54, 1.807) is 19.1 Å². The lowest BCUT2D eigenvalue weighted by Gasteiger charge is -2.06. The maximum Gasteiger partial charge on any atom is 0.271 e. The first kappa shape index (κ1) is 21.0. The van der Waals surface area contributed by atoms with Crippen LogP contribution in [0.15, 0.2) is 41.5 Å². The van der Waals surface area contributed by atoms with Crippen LogP contribution in [0.3, 0.4) is 0 Å². The van der Waals surface area contributed by atoms with Crippen LogP contribution in [0.2, 0.25) is 0 Å². The van der Waals surface area contributed by atoms with Gasteiger partial charge in [0, 0.05) is 11.1 Å². The topological polar surface area (TPSA) is 122 Å². The first-order valence-electron chi connectivity index (χ1n) is 8.89. The Bertz CT molecular complexity index is 904.